The zero-order valence-corrected chi connectivity index (χ0v) is 13.9. The molecular formula is C19H23N3O2. The van der Waals surface area contributed by atoms with Crippen molar-refractivity contribution in [2.24, 2.45) is 0 Å². The lowest BCUT2D eigenvalue weighted by atomic mass is 9.95. The molecule has 2 aromatic rings. The van der Waals surface area contributed by atoms with Crippen molar-refractivity contribution in [3.8, 4) is 0 Å². The smallest absolute Gasteiger partial charge is 0.410 e. The van der Waals surface area contributed by atoms with Crippen molar-refractivity contribution in [2.45, 2.75) is 38.8 Å². The second-order valence-corrected chi connectivity index (χ2v) is 6.16. The van der Waals surface area contributed by atoms with Crippen molar-refractivity contribution in [3.05, 3.63) is 59.3 Å². The van der Waals surface area contributed by atoms with E-state index in [1.807, 2.05) is 48.2 Å². The molecule has 2 N–H and O–H groups in total. The summed E-state index contributed by atoms with van der Waals surface area (Å²) in [5.41, 5.74) is 8.67. The zero-order valence-electron chi connectivity index (χ0n) is 13.9. The van der Waals surface area contributed by atoms with E-state index in [0.717, 1.165) is 36.1 Å². The van der Waals surface area contributed by atoms with Gasteiger partial charge in [-0.1, -0.05) is 36.4 Å². The van der Waals surface area contributed by atoms with E-state index in [-0.39, 0.29) is 12.1 Å². The number of carbonyl (C=O) groups excluding carboxylic acids is 1. The lowest BCUT2D eigenvalue weighted by molar-refractivity contribution is 0.0677. The molecule has 1 amide bonds. The molecule has 1 aromatic heterocycles. The van der Waals surface area contributed by atoms with Crippen LogP contribution in [0.2, 0.25) is 0 Å². The minimum absolute atomic E-state index is 0.00937. The number of amides is 1. The molecule has 2 heterocycles. The SMILES string of the molecule is Cc1nc(N)ccc1C1CCCCN1C(=O)OCc1ccccc1. The predicted octanol–water partition coefficient (Wildman–Crippen LogP) is 3.84. The number of benzene rings is 1. The van der Waals surface area contributed by atoms with E-state index in [0.29, 0.717) is 19.0 Å². The summed E-state index contributed by atoms with van der Waals surface area (Å²) >= 11 is 0. The van der Waals surface area contributed by atoms with Crippen molar-refractivity contribution < 1.29 is 9.53 Å². The monoisotopic (exact) mass is 325 g/mol. The molecule has 1 fully saturated rings. The number of aromatic nitrogens is 1. The topological polar surface area (TPSA) is 68.5 Å². The first-order chi connectivity index (χ1) is 11.6. The average Bonchev–Trinajstić information content (AvgIpc) is 2.61. The van der Waals surface area contributed by atoms with Crippen molar-refractivity contribution in [2.75, 3.05) is 12.3 Å². The molecule has 0 spiro atoms. The van der Waals surface area contributed by atoms with Gasteiger partial charge in [0.15, 0.2) is 0 Å². The van der Waals surface area contributed by atoms with Crippen LogP contribution >= 0.6 is 0 Å². The molecule has 0 saturated carbocycles. The highest BCUT2D eigenvalue weighted by atomic mass is 16.6. The molecule has 5 nitrogen and oxygen atoms in total. The molecule has 1 saturated heterocycles. The number of likely N-dealkylation sites (tertiary alicyclic amines) is 1. The lowest BCUT2D eigenvalue weighted by Crippen LogP contribution is -2.39. The van der Waals surface area contributed by atoms with Crippen molar-refractivity contribution in [1.29, 1.82) is 0 Å². The van der Waals surface area contributed by atoms with Gasteiger partial charge in [0, 0.05) is 12.2 Å². The Bertz CT molecular complexity index is 703. The summed E-state index contributed by atoms with van der Waals surface area (Å²) in [4.78, 5) is 18.8. The van der Waals surface area contributed by atoms with Crippen molar-refractivity contribution in [1.82, 2.24) is 9.88 Å². The van der Waals surface area contributed by atoms with Crippen molar-refractivity contribution >= 4 is 11.9 Å². The molecule has 1 aromatic carbocycles. The molecule has 3 rings (SSSR count). The third kappa shape index (κ3) is 3.67. The number of aryl methyl sites for hydroxylation is 1. The number of nitrogens with zero attached hydrogens (tertiary/aromatic N) is 2. The normalized spacial score (nSPS) is 17.5. The van der Waals surface area contributed by atoms with E-state index < -0.39 is 0 Å². The number of rotatable bonds is 3. The molecule has 0 radical (unpaired) electrons. The highest BCUT2D eigenvalue weighted by molar-refractivity contribution is 5.68. The summed E-state index contributed by atoms with van der Waals surface area (Å²) in [6.45, 7) is 2.94. The number of hydrogen-bond acceptors (Lipinski definition) is 4. The Hall–Kier alpha value is -2.56. The third-order valence-electron chi connectivity index (χ3n) is 4.45. The van der Waals surface area contributed by atoms with Gasteiger partial charge in [-0.05, 0) is 43.4 Å². The predicted molar refractivity (Wildman–Crippen MR) is 93.3 cm³/mol. The molecular weight excluding hydrogens is 302 g/mol. The molecule has 0 aliphatic carbocycles. The number of ether oxygens (including phenoxy) is 1. The van der Waals surface area contributed by atoms with Gasteiger partial charge in [-0.15, -0.1) is 0 Å². The summed E-state index contributed by atoms with van der Waals surface area (Å²) < 4.78 is 5.52. The number of nitrogen functional groups attached to an aromatic ring is 1. The fourth-order valence-corrected chi connectivity index (χ4v) is 3.22. The Balaban J connectivity index is 1.73. The molecule has 1 unspecified atom stereocenters. The van der Waals surface area contributed by atoms with Crippen LogP contribution in [0.4, 0.5) is 10.6 Å². The Labute approximate surface area is 142 Å². The maximum absolute atomic E-state index is 12.6. The van der Waals surface area contributed by atoms with Gasteiger partial charge in [0.25, 0.3) is 0 Å². The molecule has 24 heavy (non-hydrogen) atoms. The number of nitrogens with two attached hydrogens (primary N) is 1. The number of anilines is 1. The summed E-state index contributed by atoms with van der Waals surface area (Å²) in [6.07, 6.45) is 2.75. The van der Waals surface area contributed by atoms with Gasteiger partial charge >= 0.3 is 6.09 Å². The van der Waals surface area contributed by atoms with E-state index in [1.54, 1.807) is 6.07 Å². The molecule has 1 aliphatic heterocycles. The van der Waals surface area contributed by atoms with E-state index in [9.17, 15) is 4.79 Å². The van der Waals surface area contributed by atoms with Crippen LogP contribution in [-0.2, 0) is 11.3 Å². The molecule has 126 valence electrons. The van der Waals surface area contributed by atoms with Gasteiger partial charge in [0.1, 0.15) is 12.4 Å². The average molecular weight is 325 g/mol. The van der Waals surface area contributed by atoms with Gasteiger partial charge in [0.05, 0.1) is 6.04 Å². The summed E-state index contributed by atoms with van der Waals surface area (Å²) in [5, 5.41) is 0. The van der Waals surface area contributed by atoms with Crippen LogP contribution in [0.25, 0.3) is 0 Å². The first-order valence-corrected chi connectivity index (χ1v) is 8.35. The first kappa shape index (κ1) is 16.3. The lowest BCUT2D eigenvalue weighted by Gasteiger charge is -2.35. The second kappa shape index (κ2) is 7.34. The molecule has 1 aliphatic rings. The van der Waals surface area contributed by atoms with Crippen LogP contribution in [0.15, 0.2) is 42.5 Å². The van der Waals surface area contributed by atoms with E-state index in [1.165, 1.54) is 0 Å². The van der Waals surface area contributed by atoms with Crippen LogP contribution in [0.3, 0.4) is 0 Å². The minimum Gasteiger partial charge on any atom is -0.445 e. The van der Waals surface area contributed by atoms with Crippen LogP contribution in [0, 0.1) is 6.92 Å². The molecule has 0 bridgehead atoms. The van der Waals surface area contributed by atoms with Gasteiger partial charge < -0.3 is 15.4 Å². The highest BCUT2D eigenvalue weighted by Gasteiger charge is 2.30. The maximum atomic E-state index is 12.6. The number of piperidine rings is 1. The van der Waals surface area contributed by atoms with E-state index in [2.05, 4.69) is 4.98 Å². The van der Waals surface area contributed by atoms with Crippen LogP contribution in [0.1, 0.15) is 42.1 Å². The van der Waals surface area contributed by atoms with Gasteiger partial charge in [0.2, 0.25) is 0 Å². The Morgan fingerprint density at radius 3 is 2.79 bits per heavy atom. The largest absolute Gasteiger partial charge is 0.445 e. The van der Waals surface area contributed by atoms with E-state index >= 15 is 0 Å². The molecule has 5 heteroatoms. The summed E-state index contributed by atoms with van der Waals surface area (Å²) in [7, 11) is 0. The number of pyridine rings is 1. The maximum Gasteiger partial charge on any atom is 0.410 e. The van der Waals surface area contributed by atoms with Gasteiger partial charge in [-0.25, -0.2) is 9.78 Å². The van der Waals surface area contributed by atoms with E-state index in [4.69, 9.17) is 10.5 Å². The van der Waals surface area contributed by atoms with Crippen LogP contribution < -0.4 is 5.73 Å². The summed E-state index contributed by atoms with van der Waals surface area (Å²) in [5.74, 6) is 0.505. The third-order valence-corrected chi connectivity index (χ3v) is 4.45. The van der Waals surface area contributed by atoms with Crippen LogP contribution in [0.5, 0.6) is 0 Å². The molecule has 1 atom stereocenters. The Morgan fingerprint density at radius 1 is 1.25 bits per heavy atom. The van der Waals surface area contributed by atoms with Gasteiger partial charge in [-0.3, -0.25) is 0 Å². The summed E-state index contributed by atoms with van der Waals surface area (Å²) in [6, 6.07) is 13.5. The minimum atomic E-state index is -0.264. The number of carbonyl (C=O) groups is 1. The Morgan fingerprint density at radius 2 is 2.04 bits per heavy atom. The quantitative estimate of drug-likeness (QED) is 0.931. The standard InChI is InChI=1S/C19H23N3O2/c1-14-16(10-11-18(20)21-14)17-9-5-6-12-22(17)19(23)24-13-15-7-3-2-4-8-15/h2-4,7-8,10-11,17H,5-6,9,12-13H2,1H3,(H2,20,21). The van der Waals surface area contributed by atoms with Crippen molar-refractivity contribution in [3.63, 3.8) is 0 Å². The Kier molecular flexibility index (Phi) is 4.99. The first-order valence-electron chi connectivity index (χ1n) is 8.35. The number of hydrogen-bond donors (Lipinski definition) is 1. The zero-order chi connectivity index (χ0) is 16.9. The fourth-order valence-electron chi connectivity index (χ4n) is 3.22. The van der Waals surface area contributed by atoms with Gasteiger partial charge in [-0.2, -0.15) is 0 Å². The fraction of sp³-hybridized carbons (Fsp3) is 0.368. The van der Waals surface area contributed by atoms with Crippen LogP contribution in [-0.4, -0.2) is 22.5 Å². The second-order valence-electron chi connectivity index (χ2n) is 6.16. The highest BCUT2D eigenvalue weighted by Crippen LogP contribution is 2.33.